The highest BCUT2D eigenvalue weighted by Gasteiger charge is 2.15. The first-order valence-corrected chi connectivity index (χ1v) is 8.48. The van der Waals surface area contributed by atoms with Crippen molar-refractivity contribution < 1.29 is 4.39 Å². The Morgan fingerprint density at radius 1 is 1.41 bits per heavy atom. The summed E-state index contributed by atoms with van der Waals surface area (Å²) in [5.41, 5.74) is 3.06. The Labute approximate surface area is 177 Å². The molecule has 0 saturated carbocycles. The molecule has 0 bridgehead atoms. The summed E-state index contributed by atoms with van der Waals surface area (Å²) in [4.78, 5) is 6.24. The standard InChI is InChI=1S/C19H25FN6.HI/c1-13(2)18-16(12-26(5)24-18)11-25(4)19(22-3)23-10-15-8-14(9-21)6-7-17(15)20;/h6-8,12-13H,10-11H2,1-5H3,(H,22,23);1H. The van der Waals surface area contributed by atoms with Crippen LogP contribution in [0.15, 0.2) is 29.4 Å². The van der Waals surface area contributed by atoms with Gasteiger partial charge in [-0.15, -0.1) is 24.0 Å². The highest BCUT2D eigenvalue weighted by Crippen LogP contribution is 2.18. The van der Waals surface area contributed by atoms with Crippen LogP contribution in [0, 0.1) is 17.1 Å². The van der Waals surface area contributed by atoms with Crippen LogP contribution in [0.4, 0.5) is 4.39 Å². The highest BCUT2D eigenvalue weighted by molar-refractivity contribution is 14.0. The Morgan fingerprint density at radius 2 is 2.11 bits per heavy atom. The van der Waals surface area contributed by atoms with Gasteiger partial charge in [-0.1, -0.05) is 13.8 Å². The second-order valence-corrected chi connectivity index (χ2v) is 6.54. The number of nitriles is 1. The highest BCUT2D eigenvalue weighted by atomic mass is 127. The molecule has 0 aliphatic carbocycles. The molecule has 0 amide bonds. The van der Waals surface area contributed by atoms with Crippen LogP contribution < -0.4 is 5.32 Å². The zero-order valence-electron chi connectivity index (χ0n) is 16.3. The number of hydrogen-bond donors (Lipinski definition) is 1. The maximum Gasteiger partial charge on any atom is 0.193 e. The van der Waals surface area contributed by atoms with E-state index in [0.717, 1.165) is 11.3 Å². The largest absolute Gasteiger partial charge is 0.352 e. The molecule has 2 aromatic rings. The van der Waals surface area contributed by atoms with Gasteiger partial charge in [0, 0.05) is 51.6 Å². The quantitative estimate of drug-likeness (QED) is 0.402. The van der Waals surface area contributed by atoms with Gasteiger partial charge >= 0.3 is 0 Å². The normalized spacial score (nSPS) is 11.1. The first kappa shape index (κ1) is 22.9. The lowest BCUT2D eigenvalue weighted by atomic mass is 10.1. The molecule has 0 aliphatic rings. The molecule has 1 aromatic heterocycles. The maximum atomic E-state index is 13.9. The van der Waals surface area contributed by atoms with Crippen LogP contribution in [-0.4, -0.2) is 34.7 Å². The molecule has 0 aliphatic heterocycles. The van der Waals surface area contributed by atoms with E-state index in [9.17, 15) is 4.39 Å². The fourth-order valence-corrected chi connectivity index (χ4v) is 2.83. The first-order valence-electron chi connectivity index (χ1n) is 8.48. The maximum absolute atomic E-state index is 13.9. The number of nitrogens with one attached hydrogen (secondary N) is 1. The number of halogens is 2. The smallest absolute Gasteiger partial charge is 0.193 e. The number of aromatic nitrogens is 2. The lowest BCUT2D eigenvalue weighted by molar-refractivity contribution is 0.472. The Kier molecular flexibility index (Phi) is 8.69. The van der Waals surface area contributed by atoms with Gasteiger partial charge in [0.15, 0.2) is 5.96 Å². The van der Waals surface area contributed by atoms with E-state index in [1.807, 2.05) is 35.9 Å². The van der Waals surface area contributed by atoms with Crippen molar-refractivity contribution in [1.82, 2.24) is 20.0 Å². The molecular formula is C19H26FIN6. The molecule has 0 unspecified atom stereocenters. The summed E-state index contributed by atoms with van der Waals surface area (Å²) in [6, 6.07) is 6.36. The Bertz CT molecular complexity index is 837. The van der Waals surface area contributed by atoms with Crippen LogP contribution in [0.5, 0.6) is 0 Å². The zero-order valence-corrected chi connectivity index (χ0v) is 18.7. The Balaban J connectivity index is 0.00000364. The van der Waals surface area contributed by atoms with Crippen LogP contribution in [0.2, 0.25) is 0 Å². The molecule has 6 nitrogen and oxygen atoms in total. The van der Waals surface area contributed by atoms with E-state index < -0.39 is 0 Å². The first-order chi connectivity index (χ1) is 12.3. The number of nitrogens with zero attached hydrogens (tertiary/aromatic N) is 5. The van der Waals surface area contributed by atoms with E-state index in [-0.39, 0.29) is 36.3 Å². The lowest BCUT2D eigenvalue weighted by Gasteiger charge is -2.22. The van der Waals surface area contributed by atoms with E-state index in [0.29, 0.717) is 29.5 Å². The molecule has 146 valence electrons. The van der Waals surface area contributed by atoms with E-state index >= 15 is 0 Å². The average molecular weight is 484 g/mol. The summed E-state index contributed by atoms with van der Waals surface area (Å²) in [7, 11) is 5.52. The number of guanidine groups is 1. The number of hydrogen-bond acceptors (Lipinski definition) is 3. The van der Waals surface area contributed by atoms with Crippen molar-refractivity contribution in [3.8, 4) is 6.07 Å². The van der Waals surface area contributed by atoms with Gasteiger partial charge in [-0.25, -0.2) is 4.39 Å². The number of aryl methyl sites for hydroxylation is 1. The van der Waals surface area contributed by atoms with Crippen molar-refractivity contribution in [2.24, 2.45) is 12.0 Å². The molecule has 2 rings (SSSR count). The van der Waals surface area contributed by atoms with E-state index in [2.05, 4.69) is 29.3 Å². The third kappa shape index (κ3) is 5.92. The molecule has 1 N–H and O–H groups in total. The minimum atomic E-state index is -0.344. The van der Waals surface area contributed by atoms with Crippen molar-refractivity contribution in [3.05, 3.63) is 52.6 Å². The molecule has 0 saturated heterocycles. The van der Waals surface area contributed by atoms with Crippen molar-refractivity contribution >= 4 is 29.9 Å². The van der Waals surface area contributed by atoms with E-state index in [1.54, 1.807) is 13.1 Å². The molecule has 1 heterocycles. The monoisotopic (exact) mass is 484 g/mol. The number of aliphatic imine (C=N–C) groups is 1. The molecule has 1 aromatic carbocycles. The summed E-state index contributed by atoms with van der Waals surface area (Å²) >= 11 is 0. The van der Waals surface area contributed by atoms with Crippen LogP contribution in [0.25, 0.3) is 0 Å². The molecular weight excluding hydrogens is 458 g/mol. The molecule has 27 heavy (non-hydrogen) atoms. The van der Waals surface area contributed by atoms with Crippen LogP contribution in [-0.2, 0) is 20.1 Å². The van der Waals surface area contributed by atoms with Crippen molar-refractivity contribution in [2.45, 2.75) is 32.9 Å². The minimum absolute atomic E-state index is 0. The third-order valence-electron chi connectivity index (χ3n) is 4.08. The predicted octanol–water partition coefficient (Wildman–Crippen LogP) is 3.38. The lowest BCUT2D eigenvalue weighted by Crippen LogP contribution is -2.38. The van der Waals surface area contributed by atoms with Crippen molar-refractivity contribution in [2.75, 3.05) is 14.1 Å². The van der Waals surface area contributed by atoms with Crippen LogP contribution >= 0.6 is 24.0 Å². The topological polar surface area (TPSA) is 69.2 Å². The van der Waals surface area contributed by atoms with Crippen LogP contribution in [0.1, 0.15) is 42.1 Å². The fourth-order valence-electron chi connectivity index (χ4n) is 2.83. The van der Waals surface area contributed by atoms with E-state index in [1.165, 1.54) is 12.1 Å². The van der Waals surface area contributed by atoms with Crippen molar-refractivity contribution in [1.29, 1.82) is 5.26 Å². The van der Waals surface area contributed by atoms with Gasteiger partial charge < -0.3 is 10.2 Å². The predicted molar refractivity (Wildman–Crippen MR) is 115 cm³/mol. The second kappa shape index (κ2) is 10.3. The molecule has 8 heteroatoms. The zero-order chi connectivity index (χ0) is 19.3. The second-order valence-electron chi connectivity index (χ2n) is 6.54. The number of benzene rings is 1. The third-order valence-corrected chi connectivity index (χ3v) is 4.08. The van der Waals surface area contributed by atoms with Gasteiger partial charge in [0.05, 0.1) is 17.3 Å². The van der Waals surface area contributed by atoms with Crippen molar-refractivity contribution in [3.63, 3.8) is 0 Å². The average Bonchev–Trinajstić information content (AvgIpc) is 2.97. The molecule has 0 atom stereocenters. The molecule has 0 fully saturated rings. The van der Waals surface area contributed by atoms with Gasteiger partial charge in [0.25, 0.3) is 0 Å². The number of rotatable bonds is 5. The van der Waals surface area contributed by atoms with Gasteiger partial charge in [-0.3, -0.25) is 9.67 Å². The fraction of sp³-hybridized carbons (Fsp3) is 0.421. The summed E-state index contributed by atoms with van der Waals surface area (Å²) in [5.74, 6) is 0.631. The summed E-state index contributed by atoms with van der Waals surface area (Å²) in [6.07, 6.45) is 2.01. The minimum Gasteiger partial charge on any atom is -0.352 e. The summed E-state index contributed by atoms with van der Waals surface area (Å²) < 4.78 is 15.8. The summed E-state index contributed by atoms with van der Waals surface area (Å²) in [6.45, 7) is 5.12. The Hall–Kier alpha value is -2.15. The molecule has 0 radical (unpaired) electrons. The van der Waals surface area contributed by atoms with Crippen LogP contribution in [0.3, 0.4) is 0 Å². The van der Waals surface area contributed by atoms with Gasteiger partial charge in [0.1, 0.15) is 5.82 Å². The van der Waals surface area contributed by atoms with Gasteiger partial charge in [0.2, 0.25) is 0 Å². The van der Waals surface area contributed by atoms with Gasteiger partial charge in [-0.05, 0) is 24.1 Å². The molecule has 0 spiro atoms. The van der Waals surface area contributed by atoms with Gasteiger partial charge in [-0.2, -0.15) is 10.4 Å². The van der Waals surface area contributed by atoms with E-state index in [4.69, 9.17) is 5.26 Å². The Morgan fingerprint density at radius 3 is 2.70 bits per heavy atom. The SMILES string of the molecule is CN=C(NCc1cc(C#N)ccc1F)N(C)Cc1cn(C)nc1C(C)C.I. The summed E-state index contributed by atoms with van der Waals surface area (Å²) in [5, 5.41) is 16.6.